The Hall–Kier alpha value is -2.29. The standard InChI is InChI=1S/C24H31FN4O2S/c1-18(2)15-23(30)28(10-9-27-11-13-31-14-12-27)8-7-21-17-32-24-26-22(16-29(21)24)19-3-5-20(25)6-4-19/h3-6,16-18H,7-15H2,1-2H3. The summed E-state index contributed by atoms with van der Waals surface area (Å²) in [5, 5.41) is 2.11. The first kappa shape index (κ1) is 22.9. The number of morpholine rings is 1. The van der Waals surface area contributed by atoms with Gasteiger partial charge in [0, 0.05) is 68.4 Å². The molecular formula is C24H31FN4O2S. The highest BCUT2D eigenvalue weighted by atomic mass is 32.1. The SMILES string of the molecule is CC(C)CC(=O)N(CCc1csc2nc(-c3ccc(F)cc3)cn12)CCN1CCOCC1. The number of carbonyl (C=O) groups is 1. The molecule has 1 aliphatic heterocycles. The lowest BCUT2D eigenvalue weighted by Crippen LogP contribution is -2.43. The van der Waals surface area contributed by atoms with Crippen LogP contribution in [0.2, 0.25) is 0 Å². The number of hydrogen-bond donors (Lipinski definition) is 0. The Balaban J connectivity index is 1.44. The zero-order chi connectivity index (χ0) is 22.5. The summed E-state index contributed by atoms with van der Waals surface area (Å²) in [4.78, 5) is 22.9. The number of ether oxygens (including phenoxy) is 1. The van der Waals surface area contributed by atoms with Gasteiger partial charge in [0.25, 0.3) is 0 Å². The number of hydrogen-bond acceptors (Lipinski definition) is 5. The van der Waals surface area contributed by atoms with Crippen LogP contribution in [0.15, 0.2) is 35.8 Å². The van der Waals surface area contributed by atoms with Crippen molar-refractivity contribution >= 4 is 22.2 Å². The van der Waals surface area contributed by atoms with E-state index in [-0.39, 0.29) is 11.7 Å². The summed E-state index contributed by atoms with van der Waals surface area (Å²) in [6, 6.07) is 6.41. The van der Waals surface area contributed by atoms with Gasteiger partial charge in [-0.1, -0.05) is 13.8 Å². The number of thiazole rings is 1. The Morgan fingerprint density at radius 3 is 2.69 bits per heavy atom. The first-order valence-electron chi connectivity index (χ1n) is 11.3. The van der Waals surface area contributed by atoms with Crippen LogP contribution >= 0.6 is 11.3 Å². The van der Waals surface area contributed by atoms with Gasteiger partial charge < -0.3 is 9.64 Å². The van der Waals surface area contributed by atoms with E-state index in [1.807, 2.05) is 11.1 Å². The van der Waals surface area contributed by atoms with E-state index in [1.165, 1.54) is 12.1 Å². The Morgan fingerprint density at radius 1 is 1.22 bits per heavy atom. The Kier molecular flexibility index (Phi) is 7.55. The van der Waals surface area contributed by atoms with Gasteiger partial charge in [-0.25, -0.2) is 9.37 Å². The van der Waals surface area contributed by atoms with E-state index in [2.05, 4.69) is 28.5 Å². The summed E-state index contributed by atoms with van der Waals surface area (Å²) in [7, 11) is 0. The summed E-state index contributed by atoms with van der Waals surface area (Å²) in [6.07, 6.45) is 3.34. The molecule has 0 saturated carbocycles. The second kappa shape index (κ2) is 10.6. The minimum atomic E-state index is -0.251. The molecule has 1 saturated heterocycles. The van der Waals surface area contributed by atoms with E-state index in [1.54, 1.807) is 23.5 Å². The monoisotopic (exact) mass is 458 g/mol. The first-order valence-corrected chi connectivity index (χ1v) is 12.2. The van der Waals surface area contributed by atoms with Crippen molar-refractivity contribution in [1.29, 1.82) is 0 Å². The molecule has 8 heteroatoms. The molecule has 1 aliphatic rings. The highest BCUT2D eigenvalue weighted by molar-refractivity contribution is 7.15. The third-order valence-corrected chi connectivity index (χ3v) is 6.68. The number of fused-ring (bicyclic) bond motifs is 1. The largest absolute Gasteiger partial charge is 0.379 e. The van der Waals surface area contributed by atoms with Crippen molar-refractivity contribution < 1.29 is 13.9 Å². The van der Waals surface area contributed by atoms with Gasteiger partial charge in [0.2, 0.25) is 5.91 Å². The highest BCUT2D eigenvalue weighted by Crippen LogP contribution is 2.24. The molecule has 0 bridgehead atoms. The van der Waals surface area contributed by atoms with Crippen LogP contribution in [0.5, 0.6) is 0 Å². The van der Waals surface area contributed by atoms with Gasteiger partial charge in [-0.05, 0) is 30.2 Å². The molecule has 2 aromatic heterocycles. The smallest absolute Gasteiger partial charge is 0.222 e. The van der Waals surface area contributed by atoms with Crippen LogP contribution in [-0.4, -0.2) is 71.0 Å². The minimum Gasteiger partial charge on any atom is -0.379 e. The van der Waals surface area contributed by atoms with Crippen molar-refractivity contribution in [3.63, 3.8) is 0 Å². The third-order valence-electron chi connectivity index (χ3n) is 5.79. The molecule has 0 spiro atoms. The Morgan fingerprint density at radius 2 is 1.97 bits per heavy atom. The molecule has 4 rings (SSSR count). The van der Waals surface area contributed by atoms with Crippen molar-refractivity contribution in [1.82, 2.24) is 19.2 Å². The molecule has 6 nitrogen and oxygen atoms in total. The predicted octanol–water partition coefficient (Wildman–Crippen LogP) is 3.95. The van der Waals surface area contributed by atoms with Crippen molar-refractivity contribution in [3.8, 4) is 11.3 Å². The first-order chi connectivity index (χ1) is 15.5. The van der Waals surface area contributed by atoms with Crippen LogP contribution in [0.3, 0.4) is 0 Å². The van der Waals surface area contributed by atoms with Crippen LogP contribution in [0.1, 0.15) is 26.0 Å². The fourth-order valence-electron chi connectivity index (χ4n) is 3.94. The second-order valence-electron chi connectivity index (χ2n) is 8.70. The van der Waals surface area contributed by atoms with Crippen LogP contribution < -0.4 is 0 Å². The molecule has 3 aromatic rings. The maximum Gasteiger partial charge on any atom is 0.222 e. The fourth-order valence-corrected chi connectivity index (χ4v) is 4.85. The van der Waals surface area contributed by atoms with E-state index < -0.39 is 0 Å². The van der Waals surface area contributed by atoms with E-state index in [9.17, 15) is 9.18 Å². The quantitative estimate of drug-likeness (QED) is 0.487. The average molecular weight is 459 g/mol. The van der Waals surface area contributed by atoms with E-state index in [0.717, 1.165) is 67.7 Å². The van der Waals surface area contributed by atoms with E-state index in [4.69, 9.17) is 9.72 Å². The number of imidazole rings is 1. The van der Waals surface area contributed by atoms with Gasteiger partial charge in [0.05, 0.1) is 18.9 Å². The number of amides is 1. The van der Waals surface area contributed by atoms with Gasteiger partial charge in [-0.2, -0.15) is 0 Å². The molecule has 0 aliphatic carbocycles. The summed E-state index contributed by atoms with van der Waals surface area (Å²) < 4.78 is 20.8. The zero-order valence-corrected chi connectivity index (χ0v) is 19.6. The molecule has 0 atom stereocenters. The van der Waals surface area contributed by atoms with Crippen molar-refractivity contribution in [2.24, 2.45) is 5.92 Å². The summed E-state index contributed by atoms with van der Waals surface area (Å²) in [5.41, 5.74) is 2.87. The maximum atomic E-state index is 13.2. The number of aromatic nitrogens is 2. The lowest BCUT2D eigenvalue weighted by Gasteiger charge is -2.30. The van der Waals surface area contributed by atoms with E-state index in [0.29, 0.717) is 18.9 Å². The topological polar surface area (TPSA) is 50.1 Å². The van der Waals surface area contributed by atoms with Crippen LogP contribution in [0.4, 0.5) is 4.39 Å². The molecule has 3 heterocycles. The lowest BCUT2D eigenvalue weighted by atomic mass is 10.1. The number of carbonyl (C=O) groups excluding carboxylic acids is 1. The number of rotatable bonds is 9. The van der Waals surface area contributed by atoms with Crippen molar-refractivity contribution in [2.45, 2.75) is 26.7 Å². The van der Waals surface area contributed by atoms with Crippen molar-refractivity contribution in [2.75, 3.05) is 45.9 Å². The third kappa shape index (κ3) is 5.74. The summed E-state index contributed by atoms with van der Waals surface area (Å²) >= 11 is 1.59. The molecule has 1 fully saturated rings. The number of halogens is 1. The molecular weight excluding hydrogens is 427 g/mol. The normalized spacial score (nSPS) is 15.0. The molecule has 32 heavy (non-hydrogen) atoms. The lowest BCUT2D eigenvalue weighted by molar-refractivity contribution is -0.132. The summed E-state index contributed by atoms with van der Waals surface area (Å²) in [6.45, 7) is 9.87. The van der Waals surface area contributed by atoms with Crippen molar-refractivity contribution in [3.05, 3.63) is 47.4 Å². The van der Waals surface area contributed by atoms with Crippen LogP contribution in [0, 0.1) is 11.7 Å². The molecule has 1 aromatic carbocycles. The van der Waals surface area contributed by atoms with Crippen LogP contribution in [-0.2, 0) is 16.0 Å². The minimum absolute atomic E-state index is 0.220. The van der Waals surface area contributed by atoms with Crippen LogP contribution in [0.25, 0.3) is 16.2 Å². The van der Waals surface area contributed by atoms with Gasteiger partial charge >= 0.3 is 0 Å². The molecule has 0 unspecified atom stereocenters. The molecule has 0 N–H and O–H groups in total. The van der Waals surface area contributed by atoms with Gasteiger partial charge in [0.15, 0.2) is 4.96 Å². The second-order valence-corrected chi connectivity index (χ2v) is 9.53. The molecule has 0 radical (unpaired) electrons. The average Bonchev–Trinajstić information content (AvgIpc) is 3.36. The van der Waals surface area contributed by atoms with Gasteiger partial charge in [-0.3, -0.25) is 14.1 Å². The maximum absolute atomic E-state index is 13.2. The molecule has 172 valence electrons. The van der Waals surface area contributed by atoms with Gasteiger partial charge in [-0.15, -0.1) is 11.3 Å². The number of benzene rings is 1. The zero-order valence-electron chi connectivity index (χ0n) is 18.8. The van der Waals surface area contributed by atoms with E-state index >= 15 is 0 Å². The molecule has 1 amide bonds. The van der Waals surface area contributed by atoms with Gasteiger partial charge in [0.1, 0.15) is 5.82 Å². The fraction of sp³-hybridized carbons (Fsp3) is 0.500. The Bertz CT molecular complexity index is 1020. The summed E-state index contributed by atoms with van der Waals surface area (Å²) in [5.74, 6) is 0.309. The highest BCUT2D eigenvalue weighted by Gasteiger charge is 2.19. The predicted molar refractivity (Wildman–Crippen MR) is 125 cm³/mol. The number of nitrogens with zero attached hydrogens (tertiary/aromatic N) is 4. The Labute approximate surface area is 192 Å².